The molecule has 8 nitrogen and oxygen atoms in total. The first-order valence-corrected chi connectivity index (χ1v) is 9.63. The summed E-state index contributed by atoms with van der Waals surface area (Å²) in [5.74, 6) is -0.148. The Morgan fingerprint density at radius 1 is 1.23 bits per heavy atom. The van der Waals surface area contributed by atoms with Gasteiger partial charge in [-0.2, -0.15) is 5.26 Å². The standard InChI is InChI=1S/C22H22N4O4/c1-30-21-8-4-3-7-19(21)24-22(27)17(15-23)13-16-14-18(26(28)29)9-10-20(16)25-11-5-2-6-12-25/h3-4,7-10,13-14H,2,5-6,11-12H2,1H3,(H,24,27)/b17-13+. The highest BCUT2D eigenvalue weighted by Crippen LogP contribution is 2.30. The number of carbonyl (C=O) groups excluding carboxylic acids is 1. The molecule has 0 atom stereocenters. The van der Waals surface area contributed by atoms with E-state index in [1.807, 2.05) is 6.07 Å². The van der Waals surface area contributed by atoms with Gasteiger partial charge >= 0.3 is 0 Å². The van der Waals surface area contributed by atoms with E-state index >= 15 is 0 Å². The second-order valence-electron chi connectivity index (χ2n) is 6.87. The number of carbonyl (C=O) groups is 1. The Labute approximate surface area is 174 Å². The average Bonchev–Trinajstić information content (AvgIpc) is 2.78. The smallest absolute Gasteiger partial charge is 0.270 e. The lowest BCUT2D eigenvalue weighted by Crippen LogP contribution is -2.30. The van der Waals surface area contributed by atoms with Crippen LogP contribution < -0.4 is 15.0 Å². The summed E-state index contributed by atoms with van der Waals surface area (Å²) in [5, 5.41) is 23.5. The van der Waals surface area contributed by atoms with Crippen molar-refractivity contribution in [3.63, 3.8) is 0 Å². The summed E-state index contributed by atoms with van der Waals surface area (Å²) in [6.07, 6.45) is 4.60. The number of benzene rings is 2. The van der Waals surface area contributed by atoms with Crippen molar-refractivity contribution in [3.8, 4) is 11.8 Å². The predicted octanol–water partition coefficient (Wildman–Crippen LogP) is 4.14. The molecule has 1 fully saturated rings. The number of anilines is 2. The van der Waals surface area contributed by atoms with Gasteiger partial charge in [-0.15, -0.1) is 0 Å². The van der Waals surface area contributed by atoms with Gasteiger partial charge in [-0.3, -0.25) is 14.9 Å². The van der Waals surface area contributed by atoms with Crippen LogP contribution in [0, 0.1) is 21.4 Å². The maximum atomic E-state index is 12.7. The van der Waals surface area contributed by atoms with Crippen LogP contribution in [0.1, 0.15) is 24.8 Å². The van der Waals surface area contributed by atoms with E-state index in [1.54, 1.807) is 30.3 Å². The molecule has 0 spiro atoms. The molecule has 30 heavy (non-hydrogen) atoms. The minimum Gasteiger partial charge on any atom is -0.495 e. The van der Waals surface area contributed by atoms with Crippen molar-refractivity contribution in [3.05, 3.63) is 63.7 Å². The second kappa shape index (κ2) is 9.56. The molecule has 2 aromatic carbocycles. The van der Waals surface area contributed by atoms with E-state index in [9.17, 15) is 20.2 Å². The minimum absolute atomic E-state index is 0.0931. The summed E-state index contributed by atoms with van der Waals surface area (Å²) in [6.45, 7) is 1.65. The third kappa shape index (κ3) is 4.75. The number of amides is 1. The molecular formula is C22H22N4O4. The summed E-state index contributed by atoms with van der Waals surface area (Å²) in [4.78, 5) is 25.6. The Balaban J connectivity index is 1.97. The monoisotopic (exact) mass is 406 g/mol. The molecule has 1 aliphatic rings. The number of nitrogens with zero attached hydrogens (tertiary/aromatic N) is 3. The van der Waals surface area contributed by atoms with E-state index in [-0.39, 0.29) is 11.3 Å². The molecule has 2 aromatic rings. The topological polar surface area (TPSA) is 108 Å². The maximum Gasteiger partial charge on any atom is 0.270 e. The van der Waals surface area contributed by atoms with Gasteiger partial charge in [0, 0.05) is 36.5 Å². The molecule has 1 saturated heterocycles. The number of hydrogen-bond donors (Lipinski definition) is 1. The lowest BCUT2D eigenvalue weighted by Gasteiger charge is -2.30. The Morgan fingerprint density at radius 3 is 2.63 bits per heavy atom. The van der Waals surface area contributed by atoms with Crippen LogP contribution in [-0.4, -0.2) is 31.0 Å². The van der Waals surface area contributed by atoms with Gasteiger partial charge < -0.3 is 15.0 Å². The summed E-state index contributed by atoms with van der Waals surface area (Å²) in [5.41, 5.74) is 1.43. The molecule has 1 heterocycles. The maximum absolute atomic E-state index is 12.7. The Morgan fingerprint density at radius 2 is 1.97 bits per heavy atom. The SMILES string of the molecule is COc1ccccc1NC(=O)/C(C#N)=C/c1cc([N+](=O)[O-])ccc1N1CCCCC1. The number of para-hydroxylation sites is 2. The lowest BCUT2D eigenvalue weighted by atomic mass is 10.0. The van der Waals surface area contributed by atoms with Crippen LogP contribution in [0.3, 0.4) is 0 Å². The molecule has 0 unspecified atom stereocenters. The van der Waals surface area contributed by atoms with Crippen LogP contribution in [-0.2, 0) is 4.79 Å². The van der Waals surface area contributed by atoms with Gasteiger partial charge in [0.15, 0.2) is 0 Å². The number of nitro groups is 1. The molecule has 8 heteroatoms. The number of ether oxygens (including phenoxy) is 1. The van der Waals surface area contributed by atoms with Gasteiger partial charge in [0.2, 0.25) is 0 Å². The van der Waals surface area contributed by atoms with Crippen molar-refractivity contribution in [2.75, 3.05) is 30.4 Å². The first kappa shape index (κ1) is 20.9. The highest BCUT2D eigenvalue weighted by atomic mass is 16.6. The third-order valence-corrected chi connectivity index (χ3v) is 4.94. The van der Waals surface area contributed by atoms with Gasteiger partial charge in [0.25, 0.3) is 11.6 Å². The molecule has 1 amide bonds. The van der Waals surface area contributed by atoms with Crippen LogP contribution in [0.5, 0.6) is 5.75 Å². The van der Waals surface area contributed by atoms with Crippen molar-refractivity contribution in [2.45, 2.75) is 19.3 Å². The summed E-state index contributed by atoms with van der Waals surface area (Å²) in [6, 6.07) is 13.3. The number of nitro benzene ring substituents is 1. The average molecular weight is 406 g/mol. The molecule has 0 aliphatic carbocycles. The first-order valence-electron chi connectivity index (χ1n) is 9.63. The molecular weight excluding hydrogens is 384 g/mol. The molecule has 0 aromatic heterocycles. The fraction of sp³-hybridized carbons (Fsp3) is 0.273. The normalized spacial score (nSPS) is 14.0. The van der Waals surface area contributed by atoms with Gasteiger partial charge in [-0.1, -0.05) is 12.1 Å². The zero-order valence-corrected chi connectivity index (χ0v) is 16.6. The summed E-state index contributed by atoms with van der Waals surface area (Å²) < 4.78 is 5.22. The van der Waals surface area contributed by atoms with Crippen LogP contribution >= 0.6 is 0 Å². The van der Waals surface area contributed by atoms with Crippen molar-refractivity contribution in [1.82, 2.24) is 0 Å². The highest BCUT2D eigenvalue weighted by Gasteiger charge is 2.19. The van der Waals surface area contributed by atoms with Crippen molar-refractivity contribution in [2.24, 2.45) is 0 Å². The second-order valence-corrected chi connectivity index (χ2v) is 6.87. The lowest BCUT2D eigenvalue weighted by molar-refractivity contribution is -0.384. The number of piperidine rings is 1. The van der Waals surface area contributed by atoms with Crippen molar-refractivity contribution in [1.29, 1.82) is 5.26 Å². The fourth-order valence-corrected chi connectivity index (χ4v) is 3.44. The Hall–Kier alpha value is -3.86. The number of hydrogen-bond acceptors (Lipinski definition) is 6. The fourth-order valence-electron chi connectivity index (χ4n) is 3.44. The molecule has 1 N–H and O–H groups in total. The van der Waals surface area contributed by atoms with Crippen molar-refractivity contribution >= 4 is 29.0 Å². The van der Waals surface area contributed by atoms with Crippen LogP contribution in [0.2, 0.25) is 0 Å². The van der Waals surface area contributed by atoms with Crippen LogP contribution in [0.25, 0.3) is 6.08 Å². The van der Waals surface area contributed by atoms with E-state index in [0.717, 1.165) is 38.0 Å². The molecule has 0 bridgehead atoms. The first-order chi connectivity index (χ1) is 14.5. The number of rotatable bonds is 6. The van der Waals surface area contributed by atoms with E-state index in [1.165, 1.54) is 25.3 Å². The van der Waals surface area contributed by atoms with Gasteiger partial charge in [0.1, 0.15) is 17.4 Å². The number of methoxy groups -OCH3 is 1. The third-order valence-electron chi connectivity index (χ3n) is 4.94. The molecule has 1 aliphatic heterocycles. The van der Waals surface area contributed by atoms with E-state index in [4.69, 9.17) is 4.74 Å². The van der Waals surface area contributed by atoms with Gasteiger partial charge in [-0.25, -0.2) is 0 Å². The molecule has 0 saturated carbocycles. The van der Waals surface area contributed by atoms with Gasteiger partial charge in [-0.05, 0) is 43.5 Å². The predicted molar refractivity (Wildman–Crippen MR) is 114 cm³/mol. The quantitative estimate of drug-likeness (QED) is 0.334. The van der Waals surface area contributed by atoms with Crippen LogP contribution in [0.4, 0.5) is 17.1 Å². The zero-order valence-electron chi connectivity index (χ0n) is 16.6. The largest absolute Gasteiger partial charge is 0.495 e. The van der Waals surface area contributed by atoms with Gasteiger partial charge in [0.05, 0.1) is 17.7 Å². The van der Waals surface area contributed by atoms with E-state index in [0.29, 0.717) is 17.0 Å². The number of nitrogens with one attached hydrogen (secondary N) is 1. The minimum atomic E-state index is -0.613. The Kier molecular flexibility index (Phi) is 6.65. The van der Waals surface area contributed by atoms with E-state index in [2.05, 4.69) is 10.2 Å². The zero-order chi connectivity index (χ0) is 21.5. The molecule has 154 valence electrons. The van der Waals surface area contributed by atoms with Crippen LogP contribution in [0.15, 0.2) is 48.0 Å². The molecule has 0 radical (unpaired) electrons. The summed E-state index contributed by atoms with van der Waals surface area (Å²) in [7, 11) is 1.49. The van der Waals surface area contributed by atoms with Crippen molar-refractivity contribution < 1.29 is 14.5 Å². The molecule has 3 rings (SSSR count). The summed E-state index contributed by atoms with van der Waals surface area (Å²) >= 11 is 0. The highest BCUT2D eigenvalue weighted by molar-refractivity contribution is 6.10. The van der Waals surface area contributed by atoms with E-state index < -0.39 is 10.8 Å². The Bertz CT molecular complexity index is 1020. The number of non-ortho nitro benzene ring substituents is 1. The number of nitriles is 1.